The summed E-state index contributed by atoms with van der Waals surface area (Å²) in [5.74, 6) is 0.584. The number of nitrogens with one attached hydrogen (secondary N) is 1. The van der Waals surface area contributed by atoms with Gasteiger partial charge < -0.3 is 14.7 Å². The minimum Gasteiger partial charge on any atom is -0.376 e. The number of hydrogen-bond acceptors (Lipinski definition) is 5. The van der Waals surface area contributed by atoms with E-state index in [0.717, 1.165) is 22.3 Å². The summed E-state index contributed by atoms with van der Waals surface area (Å²) < 4.78 is 5.71. The number of ketones is 1. The van der Waals surface area contributed by atoms with Crippen molar-refractivity contribution in [1.82, 2.24) is 5.16 Å². The molecule has 0 aliphatic heterocycles. The van der Waals surface area contributed by atoms with E-state index in [1.807, 2.05) is 73.6 Å². The molecule has 28 heavy (non-hydrogen) atoms. The Hall–Kier alpha value is -3.31. The maximum absolute atomic E-state index is 13.4. The van der Waals surface area contributed by atoms with Gasteiger partial charge in [0.05, 0.1) is 22.3 Å². The molecule has 6 heteroatoms. The quantitative estimate of drug-likeness (QED) is 0.441. The molecule has 1 aliphatic rings. The Balaban J connectivity index is 1.81. The third kappa shape index (κ3) is 2.40. The molecule has 1 N–H and O–H groups in total. The molecule has 0 fully saturated rings. The zero-order valence-electron chi connectivity index (χ0n) is 15.3. The van der Waals surface area contributed by atoms with Crippen LogP contribution in [0.2, 0.25) is 5.02 Å². The highest BCUT2D eigenvalue weighted by atomic mass is 35.5. The SMILES string of the molecule is CN(C)c1cc(Nc2ccc(Cl)cc2)c2c3c(onc13)-c1ccccc1C2=O. The highest BCUT2D eigenvalue weighted by molar-refractivity contribution is 6.30. The maximum Gasteiger partial charge on any atom is 0.196 e. The molecule has 1 aromatic heterocycles. The van der Waals surface area contributed by atoms with E-state index in [1.165, 1.54) is 0 Å². The lowest BCUT2D eigenvalue weighted by molar-refractivity contribution is 0.104. The Kier molecular flexibility index (Phi) is 3.67. The summed E-state index contributed by atoms with van der Waals surface area (Å²) in [6, 6.07) is 16.8. The molecule has 0 atom stereocenters. The van der Waals surface area contributed by atoms with Crippen molar-refractivity contribution in [3.63, 3.8) is 0 Å². The van der Waals surface area contributed by atoms with Gasteiger partial charge in [-0.1, -0.05) is 41.0 Å². The number of hydrogen-bond donors (Lipinski definition) is 1. The number of benzene rings is 3. The number of halogens is 1. The number of anilines is 3. The van der Waals surface area contributed by atoms with E-state index < -0.39 is 0 Å². The fourth-order valence-electron chi connectivity index (χ4n) is 3.67. The van der Waals surface area contributed by atoms with Crippen molar-refractivity contribution in [1.29, 1.82) is 0 Å². The van der Waals surface area contributed by atoms with Gasteiger partial charge in [0.15, 0.2) is 11.5 Å². The van der Waals surface area contributed by atoms with Crippen molar-refractivity contribution < 1.29 is 9.32 Å². The largest absolute Gasteiger partial charge is 0.376 e. The maximum atomic E-state index is 13.4. The van der Waals surface area contributed by atoms with E-state index in [2.05, 4.69) is 10.5 Å². The third-order valence-electron chi connectivity index (χ3n) is 4.98. The Labute approximate surface area is 166 Å². The van der Waals surface area contributed by atoms with Crippen molar-refractivity contribution in [3.8, 4) is 11.3 Å². The summed E-state index contributed by atoms with van der Waals surface area (Å²) in [5, 5.41) is 9.06. The van der Waals surface area contributed by atoms with E-state index in [0.29, 0.717) is 33.1 Å². The van der Waals surface area contributed by atoms with Gasteiger partial charge in [-0.15, -0.1) is 0 Å². The number of carbonyl (C=O) groups excluding carboxylic acids is 1. The van der Waals surface area contributed by atoms with Gasteiger partial charge in [-0.05, 0) is 30.3 Å². The van der Waals surface area contributed by atoms with Gasteiger partial charge >= 0.3 is 0 Å². The van der Waals surface area contributed by atoms with E-state index in [9.17, 15) is 4.79 Å². The first kappa shape index (κ1) is 16.8. The summed E-state index contributed by atoms with van der Waals surface area (Å²) >= 11 is 6.00. The van der Waals surface area contributed by atoms with Crippen molar-refractivity contribution in [3.05, 3.63) is 70.7 Å². The number of aromatic nitrogens is 1. The van der Waals surface area contributed by atoms with E-state index in [4.69, 9.17) is 16.1 Å². The fraction of sp³-hybridized carbons (Fsp3) is 0.0909. The lowest BCUT2D eigenvalue weighted by Gasteiger charge is -2.21. The number of nitrogens with zero attached hydrogens (tertiary/aromatic N) is 2. The zero-order chi connectivity index (χ0) is 19.4. The zero-order valence-corrected chi connectivity index (χ0v) is 16.0. The van der Waals surface area contributed by atoms with Crippen LogP contribution in [0.3, 0.4) is 0 Å². The van der Waals surface area contributed by atoms with E-state index in [1.54, 1.807) is 0 Å². The van der Waals surface area contributed by atoms with Crippen LogP contribution in [0.15, 0.2) is 59.1 Å². The molecule has 138 valence electrons. The minimum atomic E-state index is -0.0435. The van der Waals surface area contributed by atoms with Crippen LogP contribution >= 0.6 is 11.6 Å². The van der Waals surface area contributed by atoms with Crippen LogP contribution in [0, 0.1) is 0 Å². The van der Waals surface area contributed by atoms with E-state index in [-0.39, 0.29) is 5.78 Å². The molecule has 0 spiro atoms. The molecule has 0 unspecified atom stereocenters. The third-order valence-corrected chi connectivity index (χ3v) is 5.24. The second-order valence-electron chi connectivity index (χ2n) is 6.95. The van der Waals surface area contributed by atoms with Crippen LogP contribution < -0.4 is 10.2 Å². The lowest BCUT2D eigenvalue weighted by atomic mass is 9.86. The Morgan fingerprint density at radius 3 is 2.46 bits per heavy atom. The molecule has 0 radical (unpaired) electrons. The molecule has 0 amide bonds. The standard InChI is InChI=1S/C22H16ClN3O2/c1-26(2)17-11-16(24-13-9-7-12(23)8-10-13)18-19-20(17)25-28-22(19)15-6-4-3-5-14(15)21(18)27/h3-11,24H,1-2H3. The van der Waals surface area contributed by atoms with Crippen LogP contribution in [0.5, 0.6) is 0 Å². The first-order valence-electron chi connectivity index (χ1n) is 8.85. The molecule has 3 aromatic carbocycles. The van der Waals surface area contributed by atoms with Crippen molar-refractivity contribution >= 4 is 45.3 Å². The van der Waals surface area contributed by atoms with Gasteiger partial charge in [0.25, 0.3) is 0 Å². The summed E-state index contributed by atoms with van der Waals surface area (Å²) in [7, 11) is 3.88. The monoisotopic (exact) mass is 389 g/mol. The highest BCUT2D eigenvalue weighted by Gasteiger charge is 2.33. The van der Waals surface area contributed by atoms with Gasteiger partial charge in [0, 0.05) is 35.9 Å². The summed E-state index contributed by atoms with van der Waals surface area (Å²) in [4.78, 5) is 15.4. The van der Waals surface area contributed by atoms with Crippen LogP contribution in [0.4, 0.5) is 17.1 Å². The second kappa shape index (κ2) is 6.11. The van der Waals surface area contributed by atoms with Crippen LogP contribution in [0.1, 0.15) is 15.9 Å². The highest BCUT2D eigenvalue weighted by Crippen LogP contribution is 2.45. The number of rotatable bonds is 3. The molecular weight excluding hydrogens is 374 g/mol. The van der Waals surface area contributed by atoms with E-state index >= 15 is 0 Å². The molecular formula is C22H16ClN3O2. The molecule has 1 heterocycles. The Bertz CT molecular complexity index is 1240. The fourth-order valence-corrected chi connectivity index (χ4v) is 3.80. The molecule has 4 aromatic rings. The van der Waals surface area contributed by atoms with Gasteiger partial charge in [-0.25, -0.2) is 0 Å². The van der Waals surface area contributed by atoms with Crippen LogP contribution in [0.25, 0.3) is 22.2 Å². The molecule has 0 saturated carbocycles. The molecule has 0 bridgehead atoms. The first-order valence-corrected chi connectivity index (χ1v) is 9.23. The molecule has 5 rings (SSSR count). The molecule has 5 nitrogen and oxygen atoms in total. The summed E-state index contributed by atoms with van der Waals surface area (Å²) in [6.45, 7) is 0. The number of fused-ring (bicyclic) bond motifs is 2. The van der Waals surface area contributed by atoms with Gasteiger partial charge in [-0.3, -0.25) is 4.79 Å². The van der Waals surface area contributed by atoms with Gasteiger partial charge in [-0.2, -0.15) is 0 Å². The Morgan fingerprint density at radius 2 is 1.75 bits per heavy atom. The lowest BCUT2D eigenvalue weighted by Crippen LogP contribution is -2.15. The first-order chi connectivity index (χ1) is 13.5. The molecule has 0 saturated heterocycles. The predicted octanol–water partition coefficient (Wildman–Crippen LogP) is 5.50. The smallest absolute Gasteiger partial charge is 0.196 e. The van der Waals surface area contributed by atoms with Crippen molar-refractivity contribution in [2.45, 2.75) is 0 Å². The minimum absolute atomic E-state index is 0.0435. The van der Waals surface area contributed by atoms with Gasteiger partial charge in [0.1, 0.15) is 5.52 Å². The Morgan fingerprint density at radius 1 is 1.04 bits per heavy atom. The van der Waals surface area contributed by atoms with Crippen LogP contribution in [-0.2, 0) is 0 Å². The summed E-state index contributed by atoms with van der Waals surface area (Å²) in [6.07, 6.45) is 0. The average molecular weight is 390 g/mol. The van der Waals surface area contributed by atoms with Crippen molar-refractivity contribution in [2.75, 3.05) is 24.3 Å². The van der Waals surface area contributed by atoms with Crippen LogP contribution in [-0.4, -0.2) is 25.0 Å². The van der Waals surface area contributed by atoms with Gasteiger partial charge in [0.2, 0.25) is 0 Å². The topological polar surface area (TPSA) is 58.4 Å². The van der Waals surface area contributed by atoms with Crippen molar-refractivity contribution in [2.24, 2.45) is 0 Å². The normalized spacial score (nSPS) is 12.2. The average Bonchev–Trinajstić information content (AvgIpc) is 3.13. The predicted molar refractivity (Wildman–Crippen MR) is 112 cm³/mol. The second-order valence-corrected chi connectivity index (χ2v) is 7.39. The molecule has 1 aliphatic carbocycles. The summed E-state index contributed by atoms with van der Waals surface area (Å²) in [5.41, 5.74) is 5.07. The number of carbonyl (C=O) groups is 1.